The molecule has 0 aliphatic carbocycles. The SMILES string of the molecule is C[C@@H](O)[C@@H](C)Nc1nc(Nc2ccc(S(=N)(=O)C(F)(F)F)cc2)ncc1Br. The molecule has 1 heterocycles. The average Bonchev–Trinajstić information content (AvgIpc) is 2.57. The lowest BCUT2D eigenvalue weighted by atomic mass is 10.2. The Bertz CT molecular complexity index is 905. The first-order valence-corrected chi connectivity index (χ1v) is 9.96. The zero-order valence-electron chi connectivity index (χ0n) is 14.2. The Morgan fingerprint density at radius 3 is 2.37 bits per heavy atom. The molecule has 1 aromatic heterocycles. The van der Waals surface area contributed by atoms with Gasteiger partial charge in [-0.1, -0.05) is 0 Å². The third-order valence-electron chi connectivity index (χ3n) is 3.60. The van der Waals surface area contributed by atoms with E-state index in [0.717, 1.165) is 12.1 Å². The van der Waals surface area contributed by atoms with Crippen molar-refractivity contribution in [1.82, 2.24) is 9.97 Å². The Hall–Kier alpha value is -1.92. The van der Waals surface area contributed by atoms with Gasteiger partial charge in [-0.05, 0) is 54.0 Å². The number of hydrogen-bond donors (Lipinski definition) is 4. The molecule has 1 aromatic carbocycles. The molecule has 0 aliphatic heterocycles. The number of alkyl halides is 3. The summed E-state index contributed by atoms with van der Waals surface area (Å²) in [6.45, 7) is 3.39. The summed E-state index contributed by atoms with van der Waals surface area (Å²) in [5.41, 5.74) is -4.79. The number of hydrogen-bond acceptors (Lipinski definition) is 7. The second-order valence-electron chi connectivity index (χ2n) is 5.72. The standard InChI is InChI=1S/C15H17BrF3N5O2S/c1-8(9(2)25)22-13-12(16)7-21-14(24-13)23-10-3-5-11(6-4-10)27(20,26)15(17,18)19/h3-9,20,25H,1-2H3,(H2,21,22,23,24)/t8-,9-,27?/m1/s1. The van der Waals surface area contributed by atoms with Crippen LogP contribution in [0.1, 0.15) is 13.8 Å². The number of nitrogens with one attached hydrogen (secondary N) is 3. The molecule has 148 valence electrons. The van der Waals surface area contributed by atoms with E-state index in [4.69, 9.17) is 4.78 Å². The van der Waals surface area contributed by atoms with Gasteiger partial charge in [0.15, 0.2) is 9.73 Å². The fraction of sp³-hybridized carbons (Fsp3) is 0.333. The van der Waals surface area contributed by atoms with Crippen molar-refractivity contribution in [2.75, 3.05) is 10.6 Å². The van der Waals surface area contributed by atoms with Crippen LogP contribution in [-0.4, -0.2) is 36.9 Å². The van der Waals surface area contributed by atoms with Gasteiger partial charge in [0, 0.05) is 11.9 Å². The van der Waals surface area contributed by atoms with Crippen molar-refractivity contribution in [3.05, 3.63) is 34.9 Å². The van der Waals surface area contributed by atoms with E-state index in [-0.39, 0.29) is 12.0 Å². The van der Waals surface area contributed by atoms with Crippen LogP contribution in [0.2, 0.25) is 0 Å². The third kappa shape index (κ3) is 5.08. The van der Waals surface area contributed by atoms with Gasteiger partial charge in [-0.15, -0.1) is 0 Å². The fourth-order valence-corrected chi connectivity index (χ4v) is 2.95. The summed E-state index contributed by atoms with van der Waals surface area (Å²) < 4.78 is 57.3. The summed E-state index contributed by atoms with van der Waals surface area (Å²) in [5.74, 6) is 0.581. The smallest absolute Gasteiger partial charge is 0.391 e. The number of aliphatic hydroxyl groups excluding tert-OH is 1. The second kappa shape index (κ2) is 7.98. The van der Waals surface area contributed by atoms with E-state index in [0.29, 0.717) is 16.0 Å². The number of halogens is 4. The van der Waals surface area contributed by atoms with Crippen LogP contribution < -0.4 is 10.6 Å². The first-order chi connectivity index (χ1) is 12.4. The maximum atomic E-state index is 12.7. The molecule has 7 nitrogen and oxygen atoms in total. The van der Waals surface area contributed by atoms with Crippen LogP contribution in [0.4, 0.5) is 30.6 Å². The lowest BCUT2D eigenvalue weighted by Crippen LogP contribution is -2.28. The Morgan fingerprint density at radius 2 is 1.85 bits per heavy atom. The van der Waals surface area contributed by atoms with E-state index in [1.54, 1.807) is 13.8 Å². The van der Waals surface area contributed by atoms with E-state index in [1.807, 2.05) is 0 Å². The zero-order chi connectivity index (χ0) is 20.4. The monoisotopic (exact) mass is 467 g/mol. The van der Waals surface area contributed by atoms with Gasteiger partial charge in [0.2, 0.25) is 5.95 Å². The molecule has 27 heavy (non-hydrogen) atoms. The van der Waals surface area contributed by atoms with Crippen molar-refractivity contribution >= 4 is 43.1 Å². The predicted octanol–water partition coefficient (Wildman–Crippen LogP) is 4.09. The first kappa shape index (κ1) is 21.4. The van der Waals surface area contributed by atoms with Crippen LogP contribution in [0.25, 0.3) is 0 Å². The van der Waals surface area contributed by atoms with Crippen LogP contribution in [0.3, 0.4) is 0 Å². The van der Waals surface area contributed by atoms with Crippen molar-refractivity contribution in [3.63, 3.8) is 0 Å². The minimum atomic E-state index is -5.14. The number of nitrogens with zero attached hydrogens (tertiary/aromatic N) is 2. The Morgan fingerprint density at radius 1 is 1.26 bits per heavy atom. The summed E-state index contributed by atoms with van der Waals surface area (Å²) >= 11 is 3.29. The van der Waals surface area contributed by atoms with Gasteiger partial charge in [0.25, 0.3) is 0 Å². The highest BCUT2D eigenvalue weighted by molar-refractivity contribution is 9.10. The molecule has 0 radical (unpaired) electrons. The highest BCUT2D eigenvalue weighted by Gasteiger charge is 2.43. The summed E-state index contributed by atoms with van der Waals surface area (Å²) in [7, 11) is -4.90. The summed E-state index contributed by atoms with van der Waals surface area (Å²) in [6, 6.07) is 4.17. The summed E-state index contributed by atoms with van der Waals surface area (Å²) in [5, 5.41) is 15.4. The van der Waals surface area contributed by atoms with Gasteiger partial charge in [0.1, 0.15) is 5.82 Å². The van der Waals surface area contributed by atoms with Crippen LogP contribution >= 0.6 is 15.9 Å². The van der Waals surface area contributed by atoms with Crippen molar-refractivity contribution in [2.24, 2.45) is 0 Å². The minimum absolute atomic E-state index is 0.161. The topological polar surface area (TPSA) is 111 Å². The lowest BCUT2D eigenvalue weighted by molar-refractivity contribution is -0.0406. The summed E-state index contributed by atoms with van der Waals surface area (Å²) in [6.07, 6.45) is 0.852. The Kier molecular flexibility index (Phi) is 6.32. The van der Waals surface area contributed by atoms with E-state index in [1.165, 1.54) is 18.3 Å². The van der Waals surface area contributed by atoms with E-state index in [9.17, 15) is 22.5 Å². The largest absolute Gasteiger partial charge is 0.483 e. The molecule has 0 bridgehead atoms. The predicted molar refractivity (Wildman–Crippen MR) is 99.4 cm³/mol. The lowest BCUT2D eigenvalue weighted by Gasteiger charge is -2.18. The van der Waals surface area contributed by atoms with Gasteiger partial charge in [-0.3, -0.25) is 0 Å². The highest BCUT2D eigenvalue weighted by Crippen LogP contribution is 2.31. The molecule has 0 saturated heterocycles. The van der Waals surface area contributed by atoms with Gasteiger partial charge >= 0.3 is 5.51 Å². The van der Waals surface area contributed by atoms with E-state index >= 15 is 0 Å². The number of aliphatic hydroxyl groups is 1. The molecule has 1 unspecified atom stereocenters. The molecular formula is C15H17BrF3N5O2S. The maximum Gasteiger partial charge on any atom is 0.483 e. The molecule has 12 heteroatoms. The number of anilines is 3. The minimum Gasteiger partial charge on any atom is -0.391 e. The average molecular weight is 468 g/mol. The van der Waals surface area contributed by atoms with Crippen molar-refractivity contribution in [1.29, 1.82) is 4.78 Å². The first-order valence-electron chi connectivity index (χ1n) is 7.61. The van der Waals surface area contributed by atoms with Gasteiger partial charge < -0.3 is 15.7 Å². The second-order valence-corrected chi connectivity index (χ2v) is 8.62. The molecule has 3 atom stereocenters. The zero-order valence-corrected chi connectivity index (χ0v) is 16.6. The molecule has 2 aromatic rings. The van der Waals surface area contributed by atoms with Crippen LogP contribution in [0.15, 0.2) is 39.8 Å². The maximum absolute atomic E-state index is 12.7. The number of rotatable bonds is 6. The highest BCUT2D eigenvalue weighted by atomic mass is 79.9. The van der Waals surface area contributed by atoms with Crippen molar-refractivity contribution in [2.45, 2.75) is 36.4 Å². The van der Waals surface area contributed by atoms with Crippen molar-refractivity contribution in [3.8, 4) is 0 Å². The molecule has 0 fully saturated rings. The Balaban J connectivity index is 2.21. The van der Waals surface area contributed by atoms with Gasteiger partial charge in [-0.2, -0.15) is 18.2 Å². The molecular weight excluding hydrogens is 451 g/mol. The van der Waals surface area contributed by atoms with E-state index in [2.05, 4.69) is 36.5 Å². The van der Waals surface area contributed by atoms with Gasteiger partial charge in [0.05, 0.1) is 21.5 Å². The molecule has 0 aliphatic rings. The molecule has 0 saturated carbocycles. The van der Waals surface area contributed by atoms with Crippen LogP contribution in [0, 0.1) is 4.78 Å². The number of aromatic nitrogens is 2. The molecule has 2 rings (SSSR count). The van der Waals surface area contributed by atoms with Crippen molar-refractivity contribution < 1.29 is 22.5 Å². The van der Waals surface area contributed by atoms with Crippen LogP contribution in [-0.2, 0) is 9.73 Å². The molecule has 0 amide bonds. The fourth-order valence-electron chi connectivity index (χ4n) is 1.86. The third-order valence-corrected chi connectivity index (χ3v) is 5.77. The molecule has 4 N–H and O–H groups in total. The van der Waals surface area contributed by atoms with Crippen LogP contribution in [0.5, 0.6) is 0 Å². The molecule has 0 spiro atoms. The number of benzene rings is 1. The Labute approximate surface area is 162 Å². The van der Waals surface area contributed by atoms with Gasteiger partial charge in [-0.25, -0.2) is 14.0 Å². The quantitative estimate of drug-likeness (QED) is 0.509. The van der Waals surface area contributed by atoms with E-state index < -0.39 is 26.2 Å². The summed E-state index contributed by atoms with van der Waals surface area (Å²) in [4.78, 5) is 7.65. The normalized spacial score (nSPS) is 16.3.